The maximum atomic E-state index is 5.19. The molecule has 1 fully saturated rings. The van der Waals surface area contributed by atoms with Crippen LogP contribution in [0.15, 0.2) is 22.9 Å². The lowest BCUT2D eigenvalue weighted by atomic mass is 9.81. The highest BCUT2D eigenvalue weighted by Gasteiger charge is 2.34. The van der Waals surface area contributed by atoms with Crippen LogP contribution >= 0.6 is 0 Å². The topological polar surface area (TPSA) is 38.1 Å². The van der Waals surface area contributed by atoms with E-state index in [2.05, 4.69) is 16.5 Å². The van der Waals surface area contributed by atoms with Gasteiger partial charge < -0.3 is 9.84 Å². The van der Waals surface area contributed by atoms with Gasteiger partial charge in [0.05, 0.1) is 6.20 Å². The largest absolute Gasteiger partial charge is 0.357 e. The molecule has 3 heteroatoms. The molecule has 1 aromatic rings. The molecule has 0 radical (unpaired) electrons. The van der Waals surface area contributed by atoms with Crippen molar-refractivity contribution in [3.05, 3.63) is 24.1 Å². The lowest BCUT2D eigenvalue weighted by Gasteiger charge is -2.32. The zero-order valence-electron chi connectivity index (χ0n) is 8.83. The molecule has 2 heterocycles. The smallest absolute Gasteiger partial charge is 0.162 e. The molecule has 3 nitrogen and oxygen atoms in total. The molecule has 1 aliphatic heterocycles. The maximum Gasteiger partial charge on any atom is 0.162 e. The highest BCUT2D eigenvalue weighted by molar-refractivity contribution is 5.62. The molecule has 1 aromatic heterocycles. The Bertz CT molecular complexity index is 361. The molecule has 0 amide bonds. The minimum atomic E-state index is 0.406. The third-order valence-corrected chi connectivity index (χ3v) is 3.70. The lowest BCUT2D eigenvalue weighted by Crippen LogP contribution is -2.40. The molecule has 3 rings (SSSR count). The fraction of sp³-hybridized carbons (Fsp3) is 0.583. The molecule has 1 saturated heterocycles. The van der Waals surface area contributed by atoms with E-state index in [0.717, 1.165) is 18.6 Å². The highest BCUT2D eigenvalue weighted by atomic mass is 16.5. The van der Waals surface area contributed by atoms with Crippen LogP contribution in [-0.2, 0) is 0 Å². The van der Waals surface area contributed by atoms with Crippen molar-refractivity contribution in [1.29, 1.82) is 0 Å². The molecule has 1 N–H and O–H groups in total. The van der Waals surface area contributed by atoms with Crippen molar-refractivity contribution in [2.75, 3.05) is 6.54 Å². The summed E-state index contributed by atoms with van der Waals surface area (Å²) in [5.41, 5.74) is 1.73. The van der Waals surface area contributed by atoms with Gasteiger partial charge in [-0.05, 0) is 44.2 Å². The standard InChI is InChI=1S/C12H16N2O/c1-5-12(13-8-1)6-2-10(3-7-12)11-4-9-14-15-11/h2,4,9,13H,1,3,5-8H2. The predicted molar refractivity (Wildman–Crippen MR) is 58.3 cm³/mol. The van der Waals surface area contributed by atoms with Crippen LogP contribution in [0, 0.1) is 0 Å². The minimum absolute atomic E-state index is 0.406. The van der Waals surface area contributed by atoms with E-state index in [1.54, 1.807) is 6.20 Å². The van der Waals surface area contributed by atoms with Gasteiger partial charge in [0.2, 0.25) is 0 Å². The first kappa shape index (κ1) is 9.16. The van der Waals surface area contributed by atoms with Gasteiger partial charge in [-0.2, -0.15) is 0 Å². The van der Waals surface area contributed by atoms with Crippen LogP contribution in [-0.4, -0.2) is 17.2 Å². The first-order valence-corrected chi connectivity index (χ1v) is 5.73. The van der Waals surface area contributed by atoms with Gasteiger partial charge >= 0.3 is 0 Å². The van der Waals surface area contributed by atoms with Crippen LogP contribution in [0.1, 0.15) is 37.9 Å². The highest BCUT2D eigenvalue weighted by Crippen LogP contribution is 2.37. The van der Waals surface area contributed by atoms with Crippen molar-refractivity contribution >= 4 is 5.57 Å². The summed E-state index contributed by atoms with van der Waals surface area (Å²) < 4.78 is 5.19. The minimum Gasteiger partial charge on any atom is -0.357 e. The monoisotopic (exact) mass is 204 g/mol. The molecule has 1 unspecified atom stereocenters. The predicted octanol–water partition coefficient (Wildman–Crippen LogP) is 2.36. The number of aromatic nitrogens is 1. The SMILES string of the molecule is C1=C(c2ccno2)CCC2(C1)CCCN2. The number of nitrogens with one attached hydrogen (secondary N) is 1. The fourth-order valence-corrected chi connectivity index (χ4v) is 2.76. The maximum absolute atomic E-state index is 5.19. The molecule has 0 bridgehead atoms. The van der Waals surface area contributed by atoms with Crippen molar-refractivity contribution in [3.63, 3.8) is 0 Å². The Balaban J connectivity index is 1.78. The van der Waals surface area contributed by atoms with E-state index in [0.29, 0.717) is 5.54 Å². The van der Waals surface area contributed by atoms with E-state index < -0.39 is 0 Å². The van der Waals surface area contributed by atoms with E-state index in [4.69, 9.17) is 4.52 Å². The van der Waals surface area contributed by atoms with Gasteiger partial charge in [-0.15, -0.1) is 0 Å². The average molecular weight is 204 g/mol. The van der Waals surface area contributed by atoms with E-state index in [9.17, 15) is 0 Å². The number of nitrogens with zero attached hydrogens (tertiary/aromatic N) is 1. The molecule has 1 aliphatic carbocycles. The van der Waals surface area contributed by atoms with Crippen molar-refractivity contribution in [2.45, 2.75) is 37.6 Å². The lowest BCUT2D eigenvalue weighted by molar-refractivity contribution is 0.342. The van der Waals surface area contributed by atoms with Crippen LogP contribution in [0.5, 0.6) is 0 Å². The fourth-order valence-electron chi connectivity index (χ4n) is 2.76. The van der Waals surface area contributed by atoms with Crippen molar-refractivity contribution in [3.8, 4) is 0 Å². The van der Waals surface area contributed by atoms with Crippen LogP contribution < -0.4 is 5.32 Å². The van der Waals surface area contributed by atoms with Gasteiger partial charge in [0.25, 0.3) is 0 Å². The molecule has 2 aliphatic rings. The summed E-state index contributed by atoms with van der Waals surface area (Å²) in [6.07, 6.45) is 10.2. The van der Waals surface area contributed by atoms with Crippen molar-refractivity contribution in [2.24, 2.45) is 0 Å². The Morgan fingerprint density at radius 1 is 1.40 bits per heavy atom. The van der Waals surface area contributed by atoms with Gasteiger partial charge in [-0.25, -0.2) is 0 Å². The first-order valence-electron chi connectivity index (χ1n) is 5.73. The molecular weight excluding hydrogens is 188 g/mol. The molecular formula is C12H16N2O. The molecule has 80 valence electrons. The summed E-state index contributed by atoms with van der Waals surface area (Å²) >= 11 is 0. The zero-order chi connectivity index (χ0) is 10.1. The third-order valence-electron chi connectivity index (χ3n) is 3.70. The Morgan fingerprint density at radius 3 is 3.00 bits per heavy atom. The van der Waals surface area contributed by atoms with Gasteiger partial charge in [0.15, 0.2) is 5.76 Å². The molecule has 1 atom stereocenters. The molecule has 0 aromatic carbocycles. The summed E-state index contributed by atoms with van der Waals surface area (Å²) in [5, 5.41) is 7.40. The quantitative estimate of drug-likeness (QED) is 0.763. The number of allylic oxidation sites excluding steroid dienone is 1. The summed E-state index contributed by atoms with van der Waals surface area (Å²) in [6, 6.07) is 1.95. The van der Waals surface area contributed by atoms with Gasteiger partial charge in [-0.1, -0.05) is 11.2 Å². The zero-order valence-corrected chi connectivity index (χ0v) is 8.83. The molecule has 0 saturated carbocycles. The number of rotatable bonds is 1. The third kappa shape index (κ3) is 1.61. The average Bonchev–Trinajstić information content (AvgIpc) is 2.91. The second-order valence-electron chi connectivity index (χ2n) is 4.62. The van der Waals surface area contributed by atoms with E-state index in [-0.39, 0.29) is 0 Å². The van der Waals surface area contributed by atoms with E-state index in [1.807, 2.05) is 6.07 Å². The summed E-state index contributed by atoms with van der Waals surface area (Å²) in [7, 11) is 0. The Hall–Kier alpha value is -1.09. The van der Waals surface area contributed by atoms with Crippen molar-refractivity contribution in [1.82, 2.24) is 10.5 Å². The van der Waals surface area contributed by atoms with Gasteiger partial charge in [0.1, 0.15) is 0 Å². The van der Waals surface area contributed by atoms with Crippen LogP contribution in [0.2, 0.25) is 0 Å². The second kappa shape index (κ2) is 3.49. The van der Waals surface area contributed by atoms with Gasteiger partial charge in [-0.3, -0.25) is 0 Å². The Kier molecular flexibility index (Phi) is 2.13. The normalized spacial score (nSPS) is 30.8. The van der Waals surface area contributed by atoms with Gasteiger partial charge in [0, 0.05) is 11.6 Å². The Labute approximate surface area is 89.5 Å². The van der Waals surface area contributed by atoms with Crippen LogP contribution in [0.4, 0.5) is 0 Å². The molecule has 15 heavy (non-hydrogen) atoms. The summed E-state index contributed by atoms with van der Waals surface area (Å²) in [5.74, 6) is 0.947. The first-order chi connectivity index (χ1) is 7.38. The summed E-state index contributed by atoms with van der Waals surface area (Å²) in [4.78, 5) is 0. The second-order valence-corrected chi connectivity index (χ2v) is 4.62. The van der Waals surface area contributed by atoms with E-state index in [1.165, 1.54) is 31.4 Å². The van der Waals surface area contributed by atoms with Crippen molar-refractivity contribution < 1.29 is 4.52 Å². The van der Waals surface area contributed by atoms with Crippen LogP contribution in [0.3, 0.4) is 0 Å². The number of hydrogen-bond donors (Lipinski definition) is 1. The summed E-state index contributed by atoms with van der Waals surface area (Å²) in [6.45, 7) is 1.19. The molecule has 1 spiro atoms. The number of hydrogen-bond acceptors (Lipinski definition) is 3. The van der Waals surface area contributed by atoms with E-state index >= 15 is 0 Å². The van der Waals surface area contributed by atoms with Crippen LogP contribution in [0.25, 0.3) is 5.57 Å². The Morgan fingerprint density at radius 2 is 2.40 bits per heavy atom.